The van der Waals surface area contributed by atoms with Crippen LogP contribution in [0.25, 0.3) is 11.3 Å². The largest absolute Gasteiger partial charge is 0.497 e. The highest BCUT2D eigenvalue weighted by Gasteiger charge is 2.30. The number of ether oxygens (including phenoxy) is 2. The minimum atomic E-state index is -0.113. The minimum absolute atomic E-state index is 0.0216. The Balaban J connectivity index is 1.17. The average Bonchev–Trinajstić information content (AvgIpc) is 3.81. The van der Waals surface area contributed by atoms with Gasteiger partial charge in [0.05, 0.1) is 19.9 Å². The van der Waals surface area contributed by atoms with Crippen LogP contribution in [0, 0.1) is 5.92 Å². The third kappa shape index (κ3) is 6.04. The lowest BCUT2D eigenvalue weighted by Crippen LogP contribution is -2.52. The van der Waals surface area contributed by atoms with Gasteiger partial charge in [0.25, 0.3) is 5.91 Å². The van der Waals surface area contributed by atoms with Crippen LogP contribution in [0.5, 0.6) is 11.5 Å². The van der Waals surface area contributed by atoms with E-state index in [9.17, 15) is 9.59 Å². The Bertz CT molecular complexity index is 1250. The summed E-state index contributed by atoms with van der Waals surface area (Å²) < 4.78 is 10.5. The molecule has 1 saturated carbocycles. The first-order valence-corrected chi connectivity index (χ1v) is 13.0. The second kappa shape index (κ2) is 11.5. The maximum absolute atomic E-state index is 13.2. The molecule has 2 fully saturated rings. The molecule has 1 aliphatic carbocycles. The van der Waals surface area contributed by atoms with Crippen molar-refractivity contribution in [3.8, 4) is 22.8 Å². The van der Waals surface area contributed by atoms with Crippen LogP contribution in [0.1, 0.15) is 23.2 Å². The van der Waals surface area contributed by atoms with Crippen molar-refractivity contribution < 1.29 is 19.1 Å². The Morgan fingerprint density at radius 1 is 0.895 bits per heavy atom. The van der Waals surface area contributed by atoms with E-state index in [1.807, 2.05) is 41.3 Å². The number of benzene rings is 2. The molecule has 1 aliphatic heterocycles. The van der Waals surface area contributed by atoms with Crippen LogP contribution in [0.15, 0.2) is 60.7 Å². The molecule has 2 amide bonds. The first-order valence-electron chi connectivity index (χ1n) is 13.0. The maximum Gasteiger partial charge on any atom is 0.254 e. The quantitative estimate of drug-likeness (QED) is 0.432. The van der Waals surface area contributed by atoms with Gasteiger partial charge in [-0.1, -0.05) is 12.1 Å². The molecule has 38 heavy (non-hydrogen) atoms. The molecule has 9 nitrogen and oxygen atoms in total. The molecule has 0 bridgehead atoms. The highest BCUT2D eigenvalue weighted by Crippen LogP contribution is 2.30. The summed E-state index contributed by atoms with van der Waals surface area (Å²) in [5.41, 5.74) is 2.29. The zero-order valence-electron chi connectivity index (χ0n) is 21.9. The molecule has 0 spiro atoms. The van der Waals surface area contributed by atoms with Crippen molar-refractivity contribution in [1.29, 1.82) is 0 Å². The molecule has 2 aliphatic rings. The predicted octanol–water partition coefficient (Wildman–Crippen LogP) is 3.36. The average molecular weight is 516 g/mol. The highest BCUT2D eigenvalue weighted by atomic mass is 16.5. The van der Waals surface area contributed by atoms with Crippen LogP contribution in [-0.4, -0.2) is 85.3 Å². The molecule has 3 aromatic rings. The number of methoxy groups -OCH3 is 2. The zero-order chi connectivity index (χ0) is 26.5. The third-order valence-electron chi connectivity index (χ3n) is 7.10. The van der Waals surface area contributed by atoms with Gasteiger partial charge < -0.3 is 24.2 Å². The number of amides is 2. The summed E-state index contributed by atoms with van der Waals surface area (Å²) in [6, 6.07) is 18.7. The van der Waals surface area contributed by atoms with Gasteiger partial charge in [-0.25, -0.2) is 0 Å². The van der Waals surface area contributed by atoms with Crippen molar-refractivity contribution in [3.63, 3.8) is 0 Å². The normalized spacial score (nSPS) is 15.2. The second-order valence-electron chi connectivity index (χ2n) is 9.73. The summed E-state index contributed by atoms with van der Waals surface area (Å²) in [6.07, 6.45) is 2.22. The van der Waals surface area contributed by atoms with Crippen molar-refractivity contribution in [2.75, 3.05) is 58.4 Å². The maximum atomic E-state index is 13.2. The smallest absolute Gasteiger partial charge is 0.254 e. The number of aromatic nitrogens is 2. The fourth-order valence-electron chi connectivity index (χ4n) is 4.63. The fraction of sp³-hybridized carbons (Fsp3) is 0.379. The number of piperazine rings is 1. The number of hydrogen-bond acceptors (Lipinski definition) is 7. The number of carbonyl (C=O) groups is 2. The summed E-state index contributed by atoms with van der Waals surface area (Å²) in [5, 5.41) is 8.84. The van der Waals surface area contributed by atoms with Gasteiger partial charge in [-0.15, -0.1) is 10.2 Å². The van der Waals surface area contributed by atoms with Crippen molar-refractivity contribution in [2.45, 2.75) is 12.8 Å². The summed E-state index contributed by atoms with van der Waals surface area (Å²) >= 11 is 0. The summed E-state index contributed by atoms with van der Waals surface area (Å²) in [6.45, 7) is 3.18. The molecule has 2 aromatic carbocycles. The Kier molecular flexibility index (Phi) is 7.72. The van der Waals surface area contributed by atoms with Gasteiger partial charge in [0.1, 0.15) is 18.0 Å². The lowest BCUT2D eigenvalue weighted by atomic mass is 10.1. The molecule has 9 heteroatoms. The van der Waals surface area contributed by atoms with Gasteiger partial charge in [0.2, 0.25) is 5.91 Å². The van der Waals surface area contributed by atoms with Crippen LogP contribution in [0.2, 0.25) is 0 Å². The summed E-state index contributed by atoms with van der Waals surface area (Å²) in [5.74, 6) is 2.61. The molecule has 0 unspecified atom stereocenters. The van der Waals surface area contributed by atoms with E-state index in [0.29, 0.717) is 50.0 Å². The molecule has 5 rings (SSSR count). The second-order valence-corrected chi connectivity index (χ2v) is 9.73. The van der Waals surface area contributed by atoms with Crippen LogP contribution < -0.4 is 14.4 Å². The van der Waals surface area contributed by atoms with Gasteiger partial charge in [-0.3, -0.25) is 9.59 Å². The Morgan fingerprint density at radius 3 is 2.26 bits per heavy atom. The number of hydrogen-bond donors (Lipinski definition) is 0. The standard InChI is InChI=1S/C29H33N5O4/c1-37-24-10-8-22(9-11-24)29(36)34(19-21-6-7-21)20-28(35)33-16-14-32(15-17-33)27-13-12-26(30-31-27)23-4-3-5-25(18-23)38-2/h3-5,8-13,18,21H,6-7,14-17,19-20H2,1-2H3. The third-order valence-corrected chi connectivity index (χ3v) is 7.10. The van der Waals surface area contributed by atoms with E-state index in [4.69, 9.17) is 9.47 Å². The molecule has 1 saturated heterocycles. The molecule has 1 aromatic heterocycles. The molecule has 2 heterocycles. The molecular weight excluding hydrogens is 482 g/mol. The fourth-order valence-corrected chi connectivity index (χ4v) is 4.63. The van der Waals surface area contributed by atoms with E-state index >= 15 is 0 Å². The summed E-state index contributed by atoms with van der Waals surface area (Å²) in [4.78, 5) is 32.1. The predicted molar refractivity (Wildman–Crippen MR) is 144 cm³/mol. The van der Waals surface area contributed by atoms with Gasteiger partial charge in [0, 0.05) is 43.9 Å². The van der Waals surface area contributed by atoms with E-state index in [2.05, 4.69) is 15.1 Å². The minimum Gasteiger partial charge on any atom is -0.497 e. The number of nitrogens with zero attached hydrogens (tertiary/aromatic N) is 5. The highest BCUT2D eigenvalue weighted by molar-refractivity contribution is 5.96. The van der Waals surface area contributed by atoms with Crippen molar-refractivity contribution in [3.05, 3.63) is 66.2 Å². The molecular formula is C29H33N5O4. The van der Waals surface area contributed by atoms with Gasteiger partial charge in [-0.2, -0.15) is 0 Å². The van der Waals surface area contributed by atoms with Gasteiger partial charge in [-0.05, 0) is 67.3 Å². The van der Waals surface area contributed by atoms with Crippen LogP contribution >= 0.6 is 0 Å². The Morgan fingerprint density at radius 2 is 1.63 bits per heavy atom. The zero-order valence-corrected chi connectivity index (χ0v) is 21.9. The first-order chi connectivity index (χ1) is 18.5. The van der Waals surface area contributed by atoms with E-state index in [1.165, 1.54) is 0 Å². The van der Waals surface area contributed by atoms with Crippen molar-refractivity contribution in [1.82, 2.24) is 20.0 Å². The van der Waals surface area contributed by atoms with Crippen molar-refractivity contribution >= 4 is 17.6 Å². The van der Waals surface area contributed by atoms with Crippen LogP contribution in [0.4, 0.5) is 5.82 Å². The van der Waals surface area contributed by atoms with E-state index in [1.54, 1.807) is 43.4 Å². The van der Waals surface area contributed by atoms with Crippen molar-refractivity contribution in [2.24, 2.45) is 5.92 Å². The van der Waals surface area contributed by atoms with E-state index in [0.717, 1.165) is 35.7 Å². The molecule has 0 atom stereocenters. The van der Waals surface area contributed by atoms with Gasteiger partial charge in [0.15, 0.2) is 5.82 Å². The lowest BCUT2D eigenvalue weighted by molar-refractivity contribution is -0.132. The van der Waals surface area contributed by atoms with Crippen LogP contribution in [-0.2, 0) is 4.79 Å². The number of anilines is 1. The van der Waals surface area contributed by atoms with E-state index in [-0.39, 0.29) is 18.4 Å². The molecule has 0 N–H and O–H groups in total. The number of rotatable bonds is 9. The molecule has 198 valence electrons. The molecule has 0 radical (unpaired) electrons. The van der Waals surface area contributed by atoms with Gasteiger partial charge >= 0.3 is 0 Å². The monoisotopic (exact) mass is 515 g/mol. The first kappa shape index (κ1) is 25.5. The Labute approximate surface area is 223 Å². The number of carbonyl (C=O) groups excluding carboxylic acids is 2. The lowest BCUT2D eigenvalue weighted by Gasteiger charge is -2.36. The van der Waals surface area contributed by atoms with E-state index < -0.39 is 0 Å². The van der Waals surface area contributed by atoms with Crippen LogP contribution in [0.3, 0.4) is 0 Å². The SMILES string of the molecule is COc1ccc(C(=O)N(CC(=O)N2CCN(c3ccc(-c4cccc(OC)c4)nn3)CC2)CC2CC2)cc1. The Hall–Kier alpha value is -4.14. The topological polar surface area (TPSA) is 88.1 Å². The summed E-state index contributed by atoms with van der Waals surface area (Å²) in [7, 11) is 3.24.